The van der Waals surface area contributed by atoms with Gasteiger partial charge in [0.15, 0.2) is 21.4 Å². The van der Waals surface area contributed by atoms with Gasteiger partial charge in [-0.1, -0.05) is 11.6 Å². The fourth-order valence-corrected chi connectivity index (χ4v) is 8.55. The largest absolute Gasteiger partial charge is 0.490 e. The van der Waals surface area contributed by atoms with Gasteiger partial charge in [-0.05, 0) is 68.6 Å². The van der Waals surface area contributed by atoms with Gasteiger partial charge in [0, 0.05) is 10.9 Å². The van der Waals surface area contributed by atoms with Crippen LogP contribution in [0.5, 0.6) is 5.75 Å². The summed E-state index contributed by atoms with van der Waals surface area (Å²) < 4.78 is 87.9. The molecule has 2 aliphatic rings. The number of ether oxygens (including phenoxy) is 1. The minimum Gasteiger partial charge on any atom is -0.490 e. The van der Waals surface area contributed by atoms with Gasteiger partial charge >= 0.3 is 0 Å². The van der Waals surface area contributed by atoms with Gasteiger partial charge < -0.3 is 4.74 Å². The zero-order valence-corrected chi connectivity index (χ0v) is 19.5. The molecule has 2 aromatic rings. The maximum atomic E-state index is 15.2. The van der Waals surface area contributed by atoms with Crippen LogP contribution in [0.15, 0.2) is 41.3 Å². The predicted octanol–water partition coefficient (Wildman–Crippen LogP) is 3.65. The van der Waals surface area contributed by atoms with Gasteiger partial charge in [0.25, 0.3) is 0 Å². The van der Waals surface area contributed by atoms with E-state index >= 15 is 4.39 Å². The van der Waals surface area contributed by atoms with Crippen molar-refractivity contribution in [1.82, 2.24) is 4.72 Å². The summed E-state index contributed by atoms with van der Waals surface area (Å²) in [6.07, 6.45) is 0.312. The van der Waals surface area contributed by atoms with Gasteiger partial charge in [-0.25, -0.2) is 30.3 Å². The molecule has 0 unspecified atom stereocenters. The summed E-state index contributed by atoms with van der Waals surface area (Å²) in [6.45, 7) is -0.170. The molecule has 0 aromatic heterocycles. The van der Waals surface area contributed by atoms with E-state index < -0.39 is 47.9 Å². The second-order valence-corrected chi connectivity index (χ2v) is 12.8. The van der Waals surface area contributed by atoms with Gasteiger partial charge in [0.05, 0.1) is 22.8 Å². The van der Waals surface area contributed by atoms with Crippen LogP contribution < -0.4 is 9.46 Å². The molecular weight excluding hydrogens is 484 g/mol. The number of benzene rings is 2. The Morgan fingerprint density at radius 1 is 1.09 bits per heavy atom. The van der Waals surface area contributed by atoms with Gasteiger partial charge in [-0.2, -0.15) is 0 Å². The van der Waals surface area contributed by atoms with Crippen molar-refractivity contribution in [2.75, 3.05) is 19.4 Å². The first kappa shape index (κ1) is 23.4. The molecule has 1 heterocycles. The van der Waals surface area contributed by atoms with Crippen molar-refractivity contribution in [2.24, 2.45) is 11.8 Å². The highest BCUT2D eigenvalue weighted by Gasteiger charge is 2.59. The Morgan fingerprint density at radius 2 is 1.75 bits per heavy atom. The number of sulfonamides is 1. The summed E-state index contributed by atoms with van der Waals surface area (Å²) in [5.41, 5.74) is -0.321. The monoisotopic (exact) mass is 505 g/mol. The number of hydrogen-bond donors (Lipinski definition) is 1. The molecule has 2 aromatic carbocycles. The topological polar surface area (TPSA) is 89.5 Å². The molecule has 174 valence electrons. The first-order chi connectivity index (χ1) is 15.0. The molecular formula is C21H22ClF2NO5S2. The minimum absolute atomic E-state index is 0.0651. The Morgan fingerprint density at radius 3 is 2.41 bits per heavy atom. The molecule has 0 bridgehead atoms. The van der Waals surface area contributed by atoms with Crippen LogP contribution in [-0.2, 0) is 24.6 Å². The fraction of sp³-hybridized carbons (Fsp3) is 0.429. The van der Waals surface area contributed by atoms with E-state index in [0.717, 1.165) is 12.1 Å². The van der Waals surface area contributed by atoms with Crippen molar-refractivity contribution in [3.8, 4) is 5.75 Å². The van der Waals surface area contributed by atoms with Crippen molar-refractivity contribution in [3.05, 3.63) is 58.6 Å². The highest BCUT2D eigenvalue weighted by atomic mass is 35.5. The lowest BCUT2D eigenvalue weighted by Gasteiger charge is -2.49. The Kier molecular flexibility index (Phi) is 6.02. The lowest BCUT2D eigenvalue weighted by Crippen LogP contribution is -2.53. The van der Waals surface area contributed by atoms with E-state index in [1.54, 1.807) is 0 Å². The second kappa shape index (κ2) is 8.23. The van der Waals surface area contributed by atoms with Crippen molar-refractivity contribution < 1.29 is 30.4 Å². The zero-order chi connectivity index (χ0) is 23.3. The molecule has 4 rings (SSSR count). The molecule has 1 N–H and O–H groups in total. The quantitative estimate of drug-likeness (QED) is 0.670. The van der Waals surface area contributed by atoms with Crippen molar-refractivity contribution >= 4 is 31.5 Å². The van der Waals surface area contributed by atoms with E-state index in [0.29, 0.717) is 5.02 Å². The highest BCUT2D eigenvalue weighted by molar-refractivity contribution is 7.92. The summed E-state index contributed by atoms with van der Waals surface area (Å²) in [5.74, 6) is -3.42. The van der Waals surface area contributed by atoms with Crippen LogP contribution in [0.1, 0.15) is 24.8 Å². The molecule has 3 atom stereocenters. The summed E-state index contributed by atoms with van der Waals surface area (Å²) in [7, 11) is -6.46. The molecule has 11 heteroatoms. The number of sulfone groups is 1. The number of fused-ring (bicyclic) bond motifs is 3. The van der Waals surface area contributed by atoms with Crippen LogP contribution in [0.4, 0.5) is 8.78 Å². The lowest BCUT2D eigenvalue weighted by molar-refractivity contribution is 0.103. The predicted molar refractivity (Wildman–Crippen MR) is 116 cm³/mol. The minimum atomic E-state index is -4.24. The first-order valence-corrected chi connectivity index (χ1v) is 13.6. The normalized spacial score (nSPS) is 25.5. The standard InChI is InChI=1S/C21H22ClF2NO5S2/c1-25-31(26,27)12-13-8-9-21(32(28,29)16-4-2-15(22)3-5-16)14(10-13)11-30-20-18(24)7-6-17(23)19(20)21/h2-7,13-14,25H,8-12H2,1H3/t13-,14-,21+/m1/s1. The fourth-order valence-electron chi connectivity index (χ4n) is 4.97. The molecule has 32 heavy (non-hydrogen) atoms. The molecule has 0 saturated heterocycles. The van der Waals surface area contributed by atoms with Gasteiger partial charge in [-0.15, -0.1) is 0 Å². The van der Waals surface area contributed by atoms with Crippen LogP contribution in [0.2, 0.25) is 5.02 Å². The third-order valence-corrected chi connectivity index (χ3v) is 10.9. The van der Waals surface area contributed by atoms with Crippen molar-refractivity contribution in [1.29, 1.82) is 0 Å². The number of rotatable bonds is 5. The number of hydrogen-bond acceptors (Lipinski definition) is 5. The number of nitrogens with one attached hydrogen (secondary N) is 1. The Hall–Kier alpha value is -1.75. The Bertz CT molecular complexity index is 1250. The highest BCUT2D eigenvalue weighted by Crippen LogP contribution is 2.57. The third-order valence-electron chi connectivity index (χ3n) is 6.48. The van der Waals surface area contributed by atoms with Crippen LogP contribution in [0, 0.1) is 23.5 Å². The van der Waals surface area contributed by atoms with Crippen molar-refractivity contribution in [2.45, 2.75) is 28.9 Å². The second-order valence-electron chi connectivity index (χ2n) is 8.21. The van der Waals surface area contributed by atoms with E-state index in [2.05, 4.69) is 4.72 Å². The van der Waals surface area contributed by atoms with Crippen molar-refractivity contribution in [3.63, 3.8) is 0 Å². The maximum absolute atomic E-state index is 15.2. The van der Waals surface area contributed by atoms with Crippen LogP contribution in [-0.4, -0.2) is 36.2 Å². The SMILES string of the molecule is CNS(=O)(=O)C[C@@H]1CC[C@@]2(S(=O)(=O)c3ccc(Cl)cc3)c3c(F)ccc(F)c3OC[C@H]2C1. The molecule has 6 nitrogen and oxygen atoms in total. The third kappa shape index (κ3) is 3.70. The van der Waals surface area contributed by atoms with E-state index in [1.165, 1.54) is 31.3 Å². The van der Waals surface area contributed by atoms with E-state index in [4.69, 9.17) is 16.3 Å². The summed E-state index contributed by atoms with van der Waals surface area (Å²) in [4.78, 5) is -0.0651. The molecule has 1 saturated carbocycles. The Balaban J connectivity index is 1.89. The van der Waals surface area contributed by atoms with Crippen LogP contribution in [0.25, 0.3) is 0 Å². The first-order valence-electron chi connectivity index (χ1n) is 10.0. The lowest BCUT2D eigenvalue weighted by atomic mass is 9.69. The molecule has 0 amide bonds. The van der Waals surface area contributed by atoms with Crippen LogP contribution in [0.3, 0.4) is 0 Å². The van der Waals surface area contributed by atoms with E-state index in [9.17, 15) is 21.2 Å². The number of halogens is 3. The summed E-state index contributed by atoms with van der Waals surface area (Å²) in [5, 5.41) is 0.337. The smallest absolute Gasteiger partial charge is 0.211 e. The van der Waals surface area contributed by atoms with Gasteiger partial charge in [0.2, 0.25) is 10.0 Å². The van der Waals surface area contributed by atoms with Gasteiger partial charge in [0.1, 0.15) is 10.6 Å². The van der Waals surface area contributed by atoms with E-state index in [-0.39, 0.29) is 48.0 Å². The molecule has 1 aliphatic heterocycles. The Labute approximate surface area is 190 Å². The summed E-state index contributed by atoms with van der Waals surface area (Å²) >= 11 is 5.92. The molecule has 1 aliphatic carbocycles. The average Bonchev–Trinajstić information content (AvgIpc) is 2.75. The van der Waals surface area contributed by atoms with E-state index in [1.807, 2.05) is 0 Å². The summed E-state index contributed by atoms with van der Waals surface area (Å²) in [6, 6.07) is 7.33. The molecule has 0 radical (unpaired) electrons. The molecule has 1 fully saturated rings. The molecule has 0 spiro atoms. The zero-order valence-electron chi connectivity index (χ0n) is 17.1. The maximum Gasteiger partial charge on any atom is 0.211 e. The average molecular weight is 506 g/mol. The van der Waals surface area contributed by atoms with Gasteiger partial charge in [-0.3, -0.25) is 0 Å². The van der Waals surface area contributed by atoms with Crippen LogP contribution >= 0.6 is 11.6 Å².